The summed E-state index contributed by atoms with van der Waals surface area (Å²) in [4.78, 5) is 8.14. The third-order valence-corrected chi connectivity index (χ3v) is 2.07. The van der Waals surface area contributed by atoms with Gasteiger partial charge in [0.05, 0.1) is 0 Å². The lowest BCUT2D eigenvalue weighted by atomic mass is 10.3. The normalized spacial score (nSPS) is 10.8. The van der Waals surface area contributed by atoms with Crippen molar-refractivity contribution < 1.29 is 0 Å². The predicted octanol–water partition coefficient (Wildman–Crippen LogP) is 1.40. The average Bonchev–Trinajstić information content (AvgIpc) is 2.39. The molecule has 0 aliphatic carbocycles. The molecule has 0 bridgehead atoms. The van der Waals surface area contributed by atoms with Crippen LogP contribution < -0.4 is 0 Å². The van der Waals surface area contributed by atoms with Crippen molar-refractivity contribution in [2.24, 2.45) is 0 Å². The Balaban J connectivity index is 2.99. The lowest BCUT2D eigenvalue weighted by Crippen LogP contribution is -1.98. The summed E-state index contributed by atoms with van der Waals surface area (Å²) in [6.45, 7) is 4.00. The third kappa shape index (κ3) is 0.937. The van der Waals surface area contributed by atoms with Crippen molar-refractivity contribution in [1.82, 2.24) is 19.6 Å². The summed E-state index contributed by atoms with van der Waals surface area (Å²) in [6.07, 6.45) is 1.79. The molecule has 0 saturated carbocycles. The Hall–Kier alpha value is -1.23. The van der Waals surface area contributed by atoms with E-state index in [1.807, 2.05) is 13.8 Å². The van der Waals surface area contributed by atoms with Crippen LogP contribution in [-0.2, 0) is 0 Å². The van der Waals surface area contributed by atoms with Crippen LogP contribution in [0, 0.1) is 18.6 Å². The molecule has 0 saturated heterocycles. The highest BCUT2D eigenvalue weighted by Crippen LogP contribution is 2.05. The van der Waals surface area contributed by atoms with Crippen LogP contribution in [0.4, 0.5) is 0 Å². The topological polar surface area (TPSA) is 46.0 Å². The fourth-order valence-electron chi connectivity index (χ4n) is 1.06. The molecule has 12 heavy (non-hydrogen) atoms. The van der Waals surface area contributed by atoms with Gasteiger partial charge in [0.2, 0.25) is 4.77 Å². The van der Waals surface area contributed by atoms with Crippen molar-refractivity contribution in [3.8, 4) is 0 Å². The van der Waals surface area contributed by atoms with Gasteiger partial charge in [-0.15, -0.1) is 0 Å². The van der Waals surface area contributed by atoms with Gasteiger partial charge < -0.3 is 0 Å². The first kappa shape index (κ1) is 7.42. The smallest absolute Gasteiger partial charge is 0.251 e. The molecular formula is C7H8N4S. The number of aryl methyl sites for hydroxylation is 2. The van der Waals surface area contributed by atoms with Crippen molar-refractivity contribution in [1.29, 1.82) is 0 Å². The molecule has 0 aliphatic heterocycles. The summed E-state index contributed by atoms with van der Waals surface area (Å²) in [7, 11) is 0. The summed E-state index contributed by atoms with van der Waals surface area (Å²) in [6, 6.07) is 0. The number of nitrogens with one attached hydrogen (secondary N) is 1. The Morgan fingerprint density at radius 3 is 3.00 bits per heavy atom. The van der Waals surface area contributed by atoms with E-state index in [0.717, 1.165) is 11.3 Å². The van der Waals surface area contributed by atoms with E-state index in [0.29, 0.717) is 10.5 Å². The van der Waals surface area contributed by atoms with E-state index >= 15 is 0 Å². The molecule has 1 N–H and O–H groups in total. The Bertz CT molecular complexity index is 482. The highest BCUT2D eigenvalue weighted by atomic mass is 32.1. The molecule has 4 nitrogen and oxygen atoms in total. The first-order chi connectivity index (χ1) is 5.68. The van der Waals surface area contributed by atoms with Crippen LogP contribution in [0.5, 0.6) is 0 Å². The molecule has 0 spiro atoms. The van der Waals surface area contributed by atoms with Gasteiger partial charge in [0.25, 0.3) is 5.78 Å². The number of hydrogen-bond acceptors (Lipinski definition) is 3. The van der Waals surface area contributed by atoms with Crippen molar-refractivity contribution in [2.75, 3.05) is 0 Å². The van der Waals surface area contributed by atoms with Gasteiger partial charge in [-0.3, -0.25) is 5.10 Å². The zero-order valence-electron chi connectivity index (χ0n) is 6.83. The summed E-state index contributed by atoms with van der Waals surface area (Å²) in [5, 5.41) is 2.93. The van der Waals surface area contributed by atoms with Crippen molar-refractivity contribution >= 4 is 18.0 Å². The number of rotatable bonds is 0. The number of nitrogens with zero attached hydrogens (tertiary/aromatic N) is 3. The largest absolute Gasteiger partial charge is 0.265 e. The molecule has 0 aromatic carbocycles. The molecule has 62 valence electrons. The summed E-state index contributed by atoms with van der Waals surface area (Å²) < 4.78 is 2.26. The second-order valence-electron chi connectivity index (χ2n) is 2.69. The van der Waals surface area contributed by atoms with Gasteiger partial charge in [-0.1, -0.05) is 0 Å². The first-order valence-electron chi connectivity index (χ1n) is 3.59. The van der Waals surface area contributed by atoms with E-state index < -0.39 is 0 Å². The third-order valence-electron chi connectivity index (χ3n) is 1.89. The summed E-state index contributed by atoms with van der Waals surface area (Å²) in [5.41, 5.74) is 2.20. The van der Waals surface area contributed by atoms with Gasteiger partial charge in [-0.2, -0.15) is 4.98 Å². The Kier molecular flexibility index (Phi) is 1.47. The number of H-pyrrole nitrogens is 1. The number of fused-ring (bicyclic) bond motifs is 1. The van der Waals surface area contributed by atoms with Gasteiger partial charge in [0, 0.05) is 11.9 Å². The van der Waals surface area contributed by atoms with Crippen LogP contribution in [-0.4, -0.2) is 19.6 Å². The molecule has 2 heterocycles. The molecule has 2 aromatic heterocycles. The minimum Gasteiger partial charge on any atom is -0.265 e. The van der Waals surface area contributed by atoms with Crippen LogP contribution in [0.15, 0.2) is 6.20 Å². The maximum absolute atomic E-state index is 4.89. The first-order valence-corrected chi connectivity index (χ1v) is 4.00. The van der Waals surface area contributed by atoms with E-state index in [9.17, 15) is 0 Å². The summed E-state index contributed by atoms with van der Waals surface area (Å²) >= 11 is 4.89. The number of aromatic nitrogens is 4. The number of hydrogen-bond donors (Lipinski definition) is 1. The van der Waals surface area contributed by atoms with Crippen molar-refractivity contribution in [2.45, 2.75) is 13.8 Å². The van der Waals surface area contributed by atoms with Crippen LogP contribution >= 0.6 is 12.2 Å². The van der Waals surface area contributed by atoms with Crippen molar-refractivity contribution in [3.05, 3.63) is 22.2 Å². The maximum atomic E-state index is 4.89. The highest BCUT2D eigenvalue weighted by Gasteiger charge is 2.01. The minimum absolute atomic E-state index is 0.469. The Labute approximate surface area is 74.3 Å². The molecule has 5 heteroatoms. The highest BCUT2D eigenvalue weighted by molar-refractivity contribution is 7.71. The van der Waals surface area contributed by atoms with Gasteiger partial charge in [0.1, 0.15) is 0 Å². The zero-order valence-corrected chi connectivity index (χ0v) is 7.64. The molecular weight excluding hydrogens is 172 g/mol. The van der Waals surface area contributed by atoms with E-state index in [1.54, 1.807) is 10.7 Å². The lowest BCUT2D eigenvalue weighted by Gasteiger charge is -2.00. The van der Waals surface area contributed by atoms with Gasteiger partial charge in [-0.05, 0) is 31.6 Å². The van der Waals surface area contributed by atoms with E-state index in [-0.39, 0.29) is 0 Å². The standard InChI is InChI=1S/C7H8N4S/c1-4-3-8-6-9-7(12)10-11(6)5(4)2/h3H,1-2H3,(H,10,12). The zero-order chi connectivity index (χ0) is 8.72. The van der Waals surface area contributed by atoms with Gasteiger partial charge >= 0.3 is 0 Å². The minimum atomic E-state index is 0.469. The molecule has 0 atom stereocenters. The van der Waals surface area contributed by atoms with Crippen molar-refractivity contribution in [3.63, 3.8) is 0 Å². The van der Waals surface area contributed by atoms with Crippen LogP contribution in [0.25, 0.3) is 5.78 Å². The quantitative estimate of drug-likeness (QED) is 0.623. The van der Waals surface area contributed by atoms with Gasteiger partial charge in [0.15, 0.2) is 0 Å². The second kappa shape index (κ2) is 2.38. The maximum Gasteiger partial charge on any atom is 0.251 e. The lowest BCUT2D eigenvalue weighted by molar-refractivity contribution is 0.876. The number of aromatic amines is 1. The molecule has 2 rings (SSSR count). The molecule has 0 fully saturated rings. The Morgan fingerprint density at radius 2 is 2.25 bits per heavy atom. The Morgan fingerprint density at radius 1 is 1.50 bits per heavy atom. The van der Waals surface area contributed by atoms with Crippen LogP contribution in [0.3, 0.4) is 0 Å². The monoisotopic (exact) mass is 180 g/mol. The molecule has 0 aliphatic rings. The van der Waals surface area contributed by atoms with E-state index in [1.165, 1.54) is 0 Å². The fourth-order valence-corrected chi connectivity index (χ4v) is 1.23. The summed E-state index contributed by atoms with van der Waals surface area (Å²) in [5.74, 6) is 0.628. The van der Waals surface area contributed by atoms with Gasteiger partial charge in [-0.25, -0.2) is 9.50 Å². The molecule has 2 aromatic rings. The van der Waals surface area contributed by atoms with E-state index in [2.05, 4.69) is 15.1 Å². The van der Waals surface area contributed by atoms with E-state index in [4.69, 9.17) is 12.2 Å². The fraction of sp³-hybridized carbons (Fsp3) is 0.286. The predicted molar refractivity (Wildman–Crippen MR) is 47.6 cm³/mol. The second-order valence-corrected chi connectivity index (χ2v) is 3.08. The SMILES string of the molecule is Cc1cnc2nc(=S)[nH]n2c1C. The molecule has 0 radical (unpaired) electrons. The van der Waals surface area contributed by atoms with Crippen LogP contribution in [0.2, 0.25) is 0 Å². The van der Waals surface area contributed by atoms with Crippen LogP contribution in [0.1, 0.15) is 11.3 Å². The average molecular weight is 180 g/mol. The molecule has 0 amide bonds. The molecule has 0 unspecified atom stereocenters.